The molecule has 1 amide bonds. The molecule has 2 rings (SSSR count). The molecule has 0 unspecified atom stereocenters. The standard InChI is InChI=1S/C16H16ClFN2O/c1-11(12-5-3-2-4-6-12)20-16(21)10-19-15-8-7-13(17)9-14(15)18/h2-9,11,19H,10H2,1H3,(H,20,21)/t11-/m0/s1. The summed E-state index contributed by atoms with van der Waals surface area (Å²) in [6, 6.07) is 13.8. The average molecular weight is 307 g/mol. The Hall–Kier alpha value is -2.07. The first-order chi connectivity index (χ1) is 10.1. The average Bonchev–Trinajstić information content (AvgIpc) is 2.47. The van der Waals surface area contributed by atoms with Crippen molar-refractivity contribution in [3.8, 4) is 0 Å². The number of rotatable bonds is 5. The molecule has 0 fully saturated rings. The van der Waals surface area contributed by atoms with Crippen LogP contribution in [-0.4, -0.2) is 12.5 Å². The molecule has 2 aromatic rings. The zero-order chi connectivity index (χ0) is 15.2. The maximum absolute atomic E-state index is 13.5. The van der Waals surface area contributed by atoms with E-state index in [9.17, 15) is 9.18 Å². The van der Waals surface area contributed by atoms with Crippen molar-refractivity contribution in [2.75, 3.05) is 11.9 Å². The van der Waals surface area contributed by atoms with Gasteiger partial charge in [-0.05, 0) is 30.7 Å². The smallest absolute Gasteiger partial charge is 0.239 e. The van der Waals surface area contributed by atoms with Crippen LogP contribution < -0.4 is 10.6 Å². The summed E-state index contributed by atoms with van der Waals surface area (Å²) in [4.78, 5) is 11.9. The maximum atomic E-state index is 13.5. The lowest BCUT2D eigenvalue weighted by Crippen LogP contribution is -2.32. The topological polar surface area (TPSA) is 41.1 Å². The van der Waals surface area contributed by atoms with Crippen LogP contribution in [-0.2, 0) is 4.79 Å². The molecule has 0 heterocycles. The van der Waals surface area contributed by atoms with E-state index >= 15 is 0 Å². The van der Waals surface area contributed by atoms with Gasteiger partial charge in [-0.2, -0.15) is 0 Å². The minimum atomic E-state index is -0.480. The van der Waals surface area contributed by atoms with Crippen LogP contribution in [0.15, 0.2) is 48.5 Å². The highest BCUT2D eigenvalue weighted by molar-refractivity contribution is 6.30. The van der Waals surface area contributed by atoms with Gasteiger partial charge in [-0.25, -0.2) is 4.39 Å². The molecule has 3 nitrogen and oxygen atoms in total. The molecule has 0 radical (unpaired) electrons. The molecular formula is C16H16ClFN2O. The van der Waals surface area contributed by atoms with E-state index in [-0.39, 0.29) is 24.2 Å². The van der Waals surface area contributed by atoms with E-state index in [2.05, 4.69) is 10.6 Å². The zero-order valence-corrected chi connectivity index (χ0v) is 12.3. The van der Waals surface area contributed by atoms with Gasteiger partial charge in [0.15, 0.2) is 0 Å². The first-order valence-electron chi connectivity index (χ1n) is 6.59. The first kappa shape index (κ1) is 15.3. The largest absolute Gasteiger partial charge is 0.374 e. The molecule has 0 bridgehead atoms. The minimum absolute atomic E-state index is 0.00424. The van der Waals surface area contributed by atoms with E-state index in [0.717, 1.165) is 5.56 Å². The number of halogens is 2. The molecule has 0 aromatic heterocycles. The number of benzene rings is 2. The lowest BCUT2D eigenvalue weighted by molar-refractivity contribution is -0.120. The number of anilines is 1. The Bertz CT molecular complexity index is 619. The quantitative estimate of drug-likeness (QED) is 0.883. The number of nitrogens with one attached hydrogen (secondary N) is 2. The fourth-order valence-corrected chi connectivity index (χ4v) is 2.08. The summed E-state index contributed by atoms with van der Waals surface area (Å²) in [5.41, 5.74) is 1.27. The number of carbonyl (C=O) groups is 1. The van der Waals surface area contributed by atoms with E-state index in [1.165, 1.54) is 12.1 Å². The lowest BCUT2D eigenvalue weighted by atomic mass is 10.1. The molecule has 1 atom stereocenters. The van der Waals surface area contributed by atoms with E-state index in [1.807, 2.05) is 37.3 Å². The Morgan fingerprint density at radius 3 is 2.62 bits per heavy atom. The third kappa shape index (κ3) is 4.46. The van der Waals surface area contributed by atoms with Crippen molar-refractivity contribution in [1.29, 1.82) is 0 Å². The molecule has 0 aliphatic rings. The fraction of sp³-hybridized carbons (Fsp3) is 0.188. The number of hydrogen-bond acceptors (Lipinski definition) is 2. The summed E-state index contributed by atoms with van der Waals surface area (Å²) in [6.45, 7) is 1.89. The van der Waals surface area contributed by atoms with Gasteiger partial charge in [0.25, 0.3) is 0 Å². The van der Waals surface area contributed by atoms with Crippen molar-refractivity contribution in [3.63, 3.8) is 0 Å². The van der Waals surface area contributed by atoms with Gasteiger partial charge in [-0.1, -0.05) is 41.9 Å². The van der Waals surface area contributed by atoms with Gasteiger partial charge < -0.3 is 10.6 Å². The molecule has 0 aliphatic heterocycles. The summed E-state index contributed by atoms with van der Waals surface area (Å²) in [6.07, 6.45) is 0. The predicted molar refractivity (Wildman–Crippen MR) is 82.9 cm³/mol. The molecule has 2 N–H and O–H groups in total. The molecule has 0 saturated carbocycles. The molecule has 5 heteroatoms. The molecule has 0 saturated heterocycles. The Morgan fingerprint density at radius 1 is 1.24 bits per heavy atom. The van der Waals surface area contributed by atoms with Crippen LogP contribution in [0.2, 0.25) is 5.02 Å². The second-order valence-electron chi connectivity index (χ2n) is 4.68. The molecule has 21 heavy (non-hydrogen) atoms. The van der Waals surface area contributed by atoms with Crippen LogP contribution in [0, 0.1) is 5.82 Å². The Kier molecular flexibility index (Phi) is 5.17. The van der Waals surface area contributed by atoms with Crippen LogP contribution in [0.4, 0.5) is 10.1 Å². The monoisotopic (exact) mass is 306 g/mol. The van der Waals surface area contributed by atoms with Crippen LogP contribution >= 0.6 is 11.6 Å². The third-order valence-corrected chi connectivity index (χ3v) is 3.28. The Morgan fingerprint density at radius 2 is 1.95 bits per heavy atom. The van der Waals surface area contributed by atoms with Gasteiger partial charge >= 0.3 is 0 Å². The maximum Gasteiger partial charge on any atom is 0.239 e. The summed E-state index contributed by atoms with van der Waals surface area (Å²) in [5.74, 6) is -0.688. The zero-order valence-electron chi connectivity index (χ0n) is 11.6. The molecular weight excluding hydrogens is 291 g/mol. The highest BCUT2D eigenvalue weighted by Crippen LogP contribution is 2.18. The van der Waals surface area contributed by atoms with E-state index in [1.54, 1.807) is 6.07 Å². The summed E-state index contributed by atoms with van der Waals surface area (Å²) >= 11 is 5.67. The predicted octanol–water partition coefficient (Wildman–Crippen LogP) is 3.77. The van der Waals surface area contributed by atoms with E-state index < -0.39 is 5.82 Å². The molecule has 110 valence electrons. The van der Waals surface area contributed by atoms with E-state index in [0.29, 0.717) is 5.02 Å². The second kappa shape index (κ2) is 7.09. The molecule has 0 aliphatic carbocycles. The van der Waals surface area contributed by atoms with Crippen LogP contribution in [0.1, 0.15) is 18.5 Å². The Balaban J connectivity index is 1.87. The van der Waals surface area contributed by atoms with Crippen molar-refractivity contribution in [2.24, 2.45) is 0 Å². The van der Waals surface area contributed by atoms with Crippen molar-refractivity contribution >= 4 is 23.2 Å². The third-order valence-electron chi connectivity index (χ3n) is 3.05. The van der Waals surface area contributed by atoms with Crippen molar-refractivity contribution < 1.29 is 9.18 Å². The van der Waals surface area contributed by atoms with Gasteiger partial charge in [0.2, 0.25) is 5.91 Å². The fourth-order valence-electron chi connectivity index (χ4n) is 1.93. The summed E-state index contributed by atoms with van der Waals surface area (Å²) in [7, 11) is 0. The molecule has 2 aromatic carbocycles. The van der Waals surface area contributed by atoms with Gasteiger partial charge in [0.1, 0.15) is 5.82 Å². The normalized spacial score (nSPS) is 11.8. The number of amides is 1. The van der Waals surface area contributed by atoms with E-state index in [4.69, 9.17) is 11.6 Å². The van der Waals surface area contributed by atoms with Gasteiger partial charge in [0.05, 0.1) is 18.3 Å². The van der Waals surface area contributed by atoms with Gasteiger partial charge in [-0.15, -0.1) is 0 Å². The highest BCUT2D eigenvalue weighted by atomic mass is 35.5. The number of hydrogen-bond donors (Lipinski definition) is 2. The minimum Gasteiger partial charge on any atom is -0.374 e. The lowest BCUT2D eigenvalue weighted by Gasteiger charge is -2.15. The van der Waals surface area contributed by atoms with Crippen LogP contribution in [0.5, 0.6) is 0 Å². The molecule has 0 spiro atoms. The SMILES string of the molecule is C[C@H](NC(=O)CNc1ccc(Cl)cc1F)c1ccccc1. The van der Waals surface area contributed by atoms with Crippen molar-refractivity contribution in [2.45, 2.75) is 13.0 Å². The summed E-state index contributed by atoms with van der Waals surface area (Å²) < 4.78 is 13.5. The van der Waals surface area contributed by atoms with Crippen LogP contribution in [0.25, 0.3) is 0 Å². The highest BCUT2D eigenvalue weighted by Gasteiger charge is 2.10. The first-order valence-corrected chi connectivity index (χ1v) is 6.97. The summed E-state index contributed by atoms with van der Waals surface area (Å²) in [5, 5.41) is 5.92. The van der Waals surface area contributed by atoms with Gasteiger partial charge in [0, 0.05) is 5.02 Å². The number of carbonyl (C=O) groups excluding carboxylic acids is 1. The Labute approximate surface area is 128 Å². The second-order valence-corrected chi connectivity index (χ2v) is 5.11. The van der Waals surface area contributed by atoms with Crippen LogP contribution in [0.3, 0.4) is 0 Å². The van der Waals surface area contributed by atoms with Gasteiger partial charge in [-0.3, -0.25) is 4.79 Å². The van der Waals surface area contributed by atoms with Crippen molar-refractivity contribution in [1.82, 2.24) is 5.32 Å². The van der Waals surface area contributed by atoms with Crippen molar-refractivity contribution in [3.05, 3.63) is 64.9 Å².